The normalized spacial score (nSPS) is 19.5. The average molecular weight is 326 g/mol. The molecule has 1 aromatic rings. The van der Waals surface area contributed by atoms with Crippen molar-refractivity contribution in [3.63, 3.8) is 0 Å². The zero-order valence-electron chi connectivity index (χ0n) is 12.5. The van der Waals surface area contributed by atoms with Gasteiger partial charge < -0.3 is 4.90 Å². The Morgan fingerprint density at radius 3 is 2.82 bits per heavy atom. The van der Waals surface area contributed by atoms with Crippen molar-refractivity contribution in [3.05, 3.63) is 41.7 Å². The second-order valence-corrected chi connectivity index (χ2v) is 7.28. The van der Waals surface area contributed by atoms with Crippen LogP contribution in [0.4, 0.5) is 4.39 Å². The number of amides is 1. The molecule has 0 aromatic heterocycles. The van der Waals surface area contributed by atoms with E-state index in [1.54, 1.807) is 24.0 Å². The molecule has 0 aliphatic carbocycles. The Morgan fingerprint density at radius 1 is 1.45 bits per heavy atom. The number of hydrogen-bond donors (Lipinski definition) is 1. The SMILES string of the molecule is C/C(=C/C(=O)N1CCC(NS(C)(=O)=O)C1)c1cccc(F)c1. The molecule has 1 heterocycles. The lowest BCUT2D eigenvalue weighted by atomic mass is 10.1. The van der Waals surface area contributed by atoms with Gasteiger partial charge in [-0.2, -0.15) is 0 Å². The van der Waals surface area contributed by atoms with Crippen LogP contribution < -0.4 is 4.72 Å². The van der Waals surface area contributed by atoms with E-state index in [2.05, 4.69) is 4.72 Å². The van der Waals surface area contributed by atoms with Gasteiger partial charge >= 0.3 is 0 Å². The highest BCUT2D eigenvalue weighted by atomic mass is 32.2. The van der Waals surface area contributed by atoms with E-state index in [1.165, 1.54) is 18.2 Å². The molecule has 1 aliphatic heterocycles. The minimum absolute atomic E-state index is 0.195. The second-order valence-electron chi connectivity index (χ2n) is 5.50. The zero-order chi connectivity index (χ0) is 16.3. The minimum Gasteiger partial charge on any atom is -0.337 e. The van der Waals surface area contributed by atoms with Crippen LogP contribution in [0.15, 0.2) is 30.3 Å². The summed E-state index contributed by atoms with van der Waals surface area (Å²) in [6.45, 7) is 2.59. The van der Waals surface area contributed by atoms with Crippen LogP contribution in [0.1, 0.15) is 18.9 Å². The highest BCUT2D eigenvalue weighted by Crippen LogP contribution is 2.17. The first-order valence-corrected chi connectivity index (χ1v) is 8.84. The van der Waals surface area contributed by atoms with Crippen molar-refractivity contribution in [1.82, 2.24) is 9.62 Å². The fourth-order valence-electron chi connectivity index (χ4n) is 2.45. The molecule has 0 bridgehead atoms. The summed E-state index contributed by atoms with van der Waals surface area (Å²) < 4.78 is 38.1. The first-order chi connectivity index (χ1) is 10.2. The van der Waals surface area contributed by atoms with E-state index >= 15 is 0 Å². The Hall–Kier alpha value is -1.73. The summed E-state index contributed by atoms with van der Waals surface area (Å²) in [7, 11) is -3.27. The first kappa shape index (κ1) is 16.6. The molecule has 1 aliphatic rings. The van der Waals surface area contributed by atoms with Gasteiger partial charge in [0.15, 0.2) is 0 Å². The molecule has 2 rings (SSSR count). The van der Waals surface area contributed by atoms with Gasteiger partial charge in [-0.25, -0.2) is 17.5 Å². The van der Waals surface area contributed by atoms with E-state index in [4.69, 9.17) is 0 Å². The number of nitrogens with zero attached hydrogens (tertiary/aromatic N) is 1. The number of rotatable bonds is 4. The van der Waals surface area contributed by atoms with Gasteiger partial charge in [-0.15, -0.1) is 0 Å². The van der Waals surface area contributed by atoms with Crippen molar-refractivity contribution >= 4 is 21.5 Å². The quantitative estimate of drug-likeness (QED) is 0.850. The molecule has 120 valence electrons. The maximum atomic E-state index is 13.2. The van der Waals surface area contributed by atoms with Crippen molar-refractivity contribution in [1.29, 1.82) is 0 Å². The molecule has 1 amide bonds. The Morgan fingerprint density at radius 2 is 2.18 bits per heavy atom. The number of carbonyl (C=O) groups is 1. The molecule has 0 radical (unpaired) electrons. The second kappa shape index (κ2) is 6.58. The molecular weight excluding hydrogens is 307 g/mol. The molecule has 1 atom stereocenters. The lowest BCUT2D eigenvalue weighted by molar-refractivity contribution is -0.125. The lowest BCUT2D eigenvalue weighted by Gasteiger charge is -2.15. The van der Waals surface area contributed by atoms with Crippen LogP contribution >= 0.6 is 0 Å². The molecule has 1 N–H and O–H groups in total. The molecular formula is C15H19FN2O3S. The smallest absolute Gasteiger partial charge is 0.246 e. The number of benzene rings is 1. The van der Waals surface area contributed by atoms with Gasteiger partial charge in [0.25, 0.3) is 0 Å². The number of nitrogens with one attached hydrogen (secondary N) is 1. The van der Waals surface area contributed by atoms with Crippen LogP contribution in [0.2, 0.25) is 0 Å². The molecule has 1 unspecified atom stereocenters. The van der Waals surface area contributed by atoms with Crippen molar-refractivity contribution in [2.75, 3.05) is 19.3 Å². The third-order valence-corrected chi connectivity index (χ3v) is 4.26. The van der Waals surface area contributed by atoms with Gasteiger partial charge in [0, 0.05) is 25.2 Å². The number of carbonyl (C=O) groups excluding carboxylic acids is 1. The fraction of sp³-hybridized carbons (Fsp3) is 0.400. The van der Waals surface area contributed by atoms with Gasteiger partial charge in [-0.3, -0.25) is 4.79 Å². The summed E-state index contributed by atoms with van der Waals surface area (Å²) >= 11 is 0. The molecule has 7 heteroatoms. The highest BCUT2D eigenvalue weighted by Gasteiger charge is 2.27. The van der Waals surface area contributed by atoms with Crippen molar-refractivity contribution < 1.29 is 17.6 Å². The zero-order valence-corrected chi connectivity index (χ0v) is 13.4. The van der Waals surface area contributed by atoms with Crippen LogP contribution in [0.5, 0.6) is 0 Å². The van der Waals surface area contributed by atoms with E-state index in [1.807, 2.05) is 0 Å². The lowest BCUT2D eigenvalue weighted by Crippen LogP contribution is -2.37. The van der Waals surface area contributed by atoms with Crippen LogP contribution in [-0.2, 0) is 14.8 Å². The van der Waals surface area contributed by atoms with E-state index in [0.717, 1.165) is 6.26 Å². The summed E-state index contributed by atoms with van der Waals surface area (Å²) in [5.41, 5.74) is 1.32. The monoisotopic (exact) mass is 326 g/mol. The van der Waals surface area contributed by atoms with E-state index < -0.39 is 10.0 Å². The standard InChI is InChI=1S/C15H19FN2O3S/c1-11(12-4-3-5-13(16)9-12)8-15(19)18-7-6-14(10-18)17-22(2,20)21/h3-5,8-9,14,17H,6-7,10H2,1-2H3/b11-8-. The van der Waals surface area contributed by atoms with Crippen LogP contribution in [-0.4, -0.2) is 44.6 Å². The summed E-state index contributed by atoms with van der Waals surface area (Å²) in [5, 5.41) is 0. The predicted molar refractivity (Wildman–Crippen MR) is 83.0 cm³/mol. The van der Waals surface area contributed by atoms with E-state index in [-0.39, 0.29) is 17.8 Å². The van der Waals surface area contributed by atoms with Crippen LogP contribution in [0.3, 0.4) is 0 Å². The molecule has 1 aromatic carbocycles. The van der Waals surface area contributed by atoms with Gasteiger partial charge in [0.2, 0.25) is 15.9 Å². The molecule has 1 fully saturated rings. The summed E-state index contributed by atoms with van der Waals surface area (Å²) in [6.07, 6.45) is 3.15. The third kappa shape index (κ3) is 4.64. The fourth-order valence-corrected chi connectivity index (χ4v) is 3.25. The third-order valence-electron chi connectivity index (χ3n) is 3.50. The summed E-state index contributed by atoms with van der Waals surface area (Å²) in [6, 6.07) is 5.80. The molecule has 5 nitrogen and oxygen atoms in total. The molecule has 22 heavy (non-hydrogen) atoms. The number of hydrogen-bond acceptors (Lipinski definition) is 3. The molecule has 0 spiro atoms. The van der Waals surface area contributed by atoms with E-state index in [0.29, 0.717) is 30.6 Å². The van der Waals surface area contributed by atoms with Crippen LogP contribution in [0.25, 0.3) is 5.57 Å². The van der Waals surface area contributed by atoms with E-state index in [9.17, 15) is 17.6 Å². The van der Waals surface area contributed by atoms with Gasteiger partial charge in [-0.1, -0.05) is 12.1 Å². The summed E-state index contributed by atoms with van der Waals surface area (Å²) in [4.78, 5) is 13.8. The Labute approximate surface area is 129 Å². The minimum atomic E-state index is -3.27. The molecule has 1 saturated heterocycles. The van der Waals surface area contributed by atoms with Gasteiger partial charge in [0.1, 0.15) is 5.82 Å². The average Bonchev–Trinajstić information content (AvgIpc) is 2.85. The van der Waals surface area contributed by atoms with Crippen molar-refractivity contribution in [2.45, 2.75) is 19.4 Å². The highest BCUT2D eigenvalue weighted by molar-refractivity contribution is 7.88. The Kier molecular flexibility index (Phi) is 4.97. The largest absolute Gasteiger partial charge is 0.337 e. The number of halogens is 1. The van der Waals surface area contributed by atoms with Crippen molar-refractivity contribution in [3.8, 4) is 0 Å². The number of likely N-dealkylation sites (tertiary alicyclic amines) is 1. The maximum Gasteiger partial charge on any atom is 0.246 e. The van der Waals surface area contributed by atoms with Gasteiger partial charge in [-0.05, 0) is 36.6 Å². The number of sulfonamides is 1. The Bertz CT molecular complexity index is 700. The topological polar surface area (TPSA) is 66.5 Å². The van der Waals surface area contributed by atoms with Gasteiger partial charge in [0.05, 0.1) is 6.26 Å². The summed E-state index contributed by atoms with van der Waals surface area (Å²) in [5.74, 6) is -0.546. The maximum absolute atomic E-state index is 13.2. The van der Waals surface area contributed by atoms with Crippen LogP contribution in [0, 0.1) is 5.82 Å². The van der Waals surface area contributed by atoms with Crippen molar-refractivity contribution in [2.24, 2.45) is 0 Å². The first-order valence-electron chi connectivity index (χ1n) is 6.95. The Balaban J connectivity index is 2.02. The molecule has 0 saturated carbocycles. The number of allylic oxidation sites excluding steroid dienone is 1. The predicted octanol–water partition coefficient (Wildman–Crippen LogP) is 1.38.